The summed E-state index contributed by atoms with van der Waals surface area (Å²) < 4.78 is 17.5. The largest absolute Gasteiger partial charge is 0.498 e. The average molecular weight is 414 g/mol. The van der Waals surface area contributed by atoms with Crippen molar-refractivity contribution in [2.24, 2.45) is 0 Å². The molecule has 0 radical (unpaired) electrons. The molecule has 9 heteroatoms. The van der Waals surface area contributed by atoms with Crippen LogP contribution in [-0.2, 0) is 19.6 Å². The molecule has 2 heterocycles. The zero-order valence-corrected chi connectivity index (χ0v) is 19.1. The quantitative estimate of drug-likeness (QED) is 0.605. The van der Waals surface area contributed by atoms with Crippen molar-refractivity contribution >= 4 is 18.7 Å². The van der Waals surface area contributed by atoms with Gasteiger partial charge in [-0.15, -0.1) is 0 Å². The van der Waals surface area contributed by atoms with E-state index < -0.39 is 41.1 Å². The van der Waals surface area contributed by atoms with Gasteiger partial charge in [-0.1, -0.05) is 0 Å². The minimum absolute atomic E-state index is 0.415. The number of nitrogens with zero attached hydrogens (tertiary/aromatic N) is 3. The first-order chi connectivity index (χ1) is 13.6. The van der Waals surface area contributed by atoms with Crippen LogP contribution in [0.4, 0.5) is 4.79 Å². The van der Waals surface area contributed by atoms with Crippen LogP contribution in [0.15, 0.2) is 12.4 Å². The monoisotopic (exact) mass is 414 g/mol. The summed E-state index contributed by atoms with van der Waals surface area (Å²) in [5.41, 5.74) is -2.24. The van der Waals surface area contributed by atoms with E-state index in [0.717, 1.165) is 0 Å². The molecule has 1 aliphatic carbocycles. The fraction of sp³-hybridized carbons (Fsp3) is 0.714. The maximum Gasteiger partial charge on any atom is 0.498 e. The second kappa shape index (κ2) is 6.93. The molecule has 2 aliphatic rings. The SMILES string of the molecule is [C-]#[N+]C1(C)CC(NC(=O)OC(C)(C)C)(c2ncc(B3OC(C)(C)C(C)(C)O3)cn2)C1. The molecule has 1 saturated carbocycles. The van der Waals surface area contributed by atoms with Crippen LogP contribution >= 0.6 is 0 Å². The van der Waals surface area contributed by atoms with Gasteiger partial charge in [-0.2, -0.15) is 0 Å². The Morgan fingerprint density at radius 1 is 1.13 bits per heavy atom. The smallest absolute Gasteiger partial charge is 0.444 e. The van der Waals surface area contributed by atoms with E-state index in [9.17, 15) is 4.79 Å². The van der Waals surface area contributed by atoms with E-state index in [1.807, 2.05) is 34.6 Å². The van der Waals surface area contributed by atoms with Crippen molar-refractivity contribution < 1.29 is 18.8 Å². The second-order valence-electron chi connectivity index (χ2n) is 10.6. The van der Waals surface area contributed by atoms with Crippen molar-refractivity contribution in [3.05, 3.63) is 29.6 Å². The molecule has 1 saturated heterocycles. The molecule has 1 aliphatic heterocycles. The van der Waals surface area contributed by atoms with Crippen LogP contribution in [0.25, 0.3) is 4.85 Å². The highest BCUT2D eigenvalue weighted by molar-refractivity contribution is 6.61. The maximum atomic E-state index is 12.5. The first-order valence-corrected chi connectivity index (χ1v) is 10.2. The molecule has 3 rings (SSSR count). The third-order valence-electron chi connectivity index (χ3n) is 6.00. The van der Waals surface area contributed by atoms with Crippen LogP contribution < -0.4 is 10.8 Å². The molecule has 0 spiro atoms. The van der Waals surface area contributed by atoms with E-state index in [4.69, 9.17) is 20.6 Å². The molecule has 30 heavy (non-hydrogen) atoms. The van der Waals surface area contributed by atoms with Gasteiger partial charge >= 0.3 is 13.2 Å². The summed E-state index contributed by atoms with van der Waals surface area (Å²) in [7, 11) is -0.561. The Bertz CT molecular complexity index is 848. The highest BCUT2D eigenvalue weighted by Gasteiger charge is 2.61. The predicted molar refractivity (Wildman–Crippen MR) is 113 cm³/mol. The van der Waals surface area contributed by atoms with Crippen LogP contribution in [0.3, 0.4) is 0 Å². The number of hydrogen-bond donors (Lipinski definition) is 1. The zero-order chi connectivity index (χ0) is 22.6. The van der Waals surface area contributed by atoms with Crippen LogP contribution in [0, 0.1) is 6.57 Å². The number of nitrogens with one attached hydrogen (secondary N) is 1. The predicted octanol–water partition coefficient (Wildman–Crippen LogP) is 2.97. The first-order valence-electron chi connectivity index (χ1n) is 10.2. The summed E-state index contributed by atoms with van der Waals surface area (Å²) >= 11 is 0. The molecule has 162 valence electrons. The summed E-state index contributed by atoms with van der Waals surface area (Å²) in [6.07, 6.45) is 3.61. The highest BCUT2D eigenvalue weighted by atomic mass is 16.7. The standard InChI is InChI=1S/C21H31BN4O4/c1-17(2,3)28-16(27)26-21(12-20(8,13-21)23-9)15-24-10-14(11-25-15)22-29-18(4,5)19(6,7)30-22/h10-11H,12-13H2,1-8H3,(H,26,27). The van der Waals surface area contributed by atoms with E-state index in [-0.39, 0.29) is 0 Å². The van der Waals surface area contributed by atoms with E-state index in [0.29, 0.717) is 24.1 Å². The number of carbonyl (C=O) groups is 1. The molecular formula is C21H31BN4O4. The van der Waals surface area contributed by atoms with E-state index in [1.54, 1.807) is 33.2 Å². The maximum absolute atomic E-state index is 12.5. The van der Waals surface area contributed by atoms with Crippen LogP contribution in [0.1, 0.15) is 74.1 Å². The van der Waals surface area contributed by atoms with Gasteiger partial charge in [-0.05, 0) is 48.5 Å². The molecule has 2 fully saturated rings. The minimum Gasteiger partial charge on any atom is -0.444 e. The van der Waals surface area contributed by atoms with Crippen molar-refractivity contribution in [3.8, 4) is 0 Å². The number of ether oxygens (including phenoxy) is 1. The number of aromatic nitrogens is 2. The van der Waals surface area contributed by atoms with Crippen LogP contribution in [0.2, 0.25) is 0 Å². The van der Waals surface area contributed by atoms with E-state index in [2.05, 4.69) is 20.1 Å². The molecule has 0 bridgehead atoms. The number of carbonyl (C=O) groups excluding carboxylic acids is 1. The summed E-state index contributed by atoms with van der Waals surface area (Å²) in [6, 6.07) is 0. The Balaban J connectivity index is 1.82. The molecular weight excluding hydrogens is 383 g/mol. The lowest BCUT2D eigenvalue weighted by Crippen LogP contribution is -2.62. The lowest BCUT2D eigenvalue weighted by atomic mass is 9.63. The Morgan fingerprint density at radius 3 is 2.07 bits per heavy atom. The van der Waals surface area contributed by atoms with Crippen molar-refractivity contribution in [1.29, 1.82) is 0 Å². The molecule has 0 atom stereocenters. The van der Waals surface area contributed by atoms with Gasteiger partial charge in [0.1, 0.15) is 11.1 Å². The van der Waals surface area contributed by atoms with Gasteiger partial charge in [0.05, 0.1) is 24.0 Å². The molecule has 1 aromatic heterocycles. The summed E-state index contributed by atoms with van der Waals surface area (Å²) in [4.78, 5) is 25.2. The van der Waals surface area contributed by atoms with Gasteiger partial charge in [0.15, 0.2) is 5.82 Å². The zero-order valence-electron chi connectivity index (χ0n) is 19.1. The van der Waals surface area contributed by atoms with E-state index >= 15 is 0 Å². The molecule has 0 unspecified atom stereocenters. The van der Waals surface area contributed by atoms with Gasteiger partial charge in [-0.3, -0.25) is 0 Å². The topological polar surface area (TPSA) is 86.9 Å². The van der Waals surface area contributed by atoms with Crippen molar-refractivity contribution in [2.45, 2.75) is 96.1 Å². The normalized spacial score (nSPS) is 29.6. The Hall–Kier alpha value is -2.18. The third-order valence-corrected chi connectivity index (χ3v) is 6.00. The summed E-state index contributed by atoms with van der Waals surface area (Å²) in [5, 5.41) is 2.92. The Labute approximate surface area is 179 Å². The fourth-order valence-electron chi connectivity index (χ4n) is 3.81. The first kappa shape index (κ1) is 22.5. The lowest BCUT2D eigenvalue weighted by Gasteiger charge is -2.46. The Morgan fingerprint density at radius 2 is 1.63 bits per heavy atom. The number of rotatable bonds is 3. The molecule has 0 aromatic carbocycles. The lowest BCUT2D eigenvalue weighted by molar-refractivity contribution is 0.00578. The van der Waals surface area contributed by atoms with Gasteiger partial charge in [-0.25, -0.2) is 21.3 Å². The van der Waals surface area contributed by atoms with Gasteiger partial charge in [0.2, 0.25) is 5.54 Å². The minimum atomic E-state index is -0.837. The van der Waals surface area contributed by atoms with Crippen LogP contribution in [-0.4, -0.2) is 45.5 Å². The Kier molecular flexibility index (Phi) is 5.20. The van der Waals surface area contributed by atoms with Crippen molar-refractivity contribution in [2.75, 3.05) is 0 Å². The molecule has 8 nitrogen and oxygen atoms in total. The van der Waals surface area contributed by atoms with Crippen molar-refractivity contribution in [1.82, 2.24) is 15.3 Å². The fourth-order valence-corrected chi connectivity index (χ4v) is 3.81. The average Bonchev–Trinajstić information content (AvgIpc) is 2.79. The number of alkyl carbamates (subject to hydrolysis) is 1. The molecule has 1 N–H and O–H groups in total. The van der Waals surface area contributed by atoms with Crippen molar-refractivity contribution in [3.63, 3.8) is 0 Å². The second-order valence-corrected chi connectivity index (χ2v) is 10.6. The third kappa shape index (κ3) is 4.16. The van der Waals surface area contributed by atoms with Gasteiger partial charge in [0, 0.05) is 24.8 Å². The number of amides is 1. The van der Waals surface area contributed by atoms with E-state index in [1.165, 1.54) is 0 Å². The summed E-state index contributed by atoms with van der Waals surface area (Å²) in [5.74, 6) is 0.453. The highest BCUT2D eigenvalue weighted by Crippen LogP contribution is 2.49. The number of hydrogen-bond acceptors (Lipinski definition) is 6. The molecule has 1 amide bonds. The van der Waals surface area contributed by atoms with Gasteiger partial charge < -0.3 is 24.2 Å². The van der Waals surface area contributed by atoms with Crippen LogP contribution in [0.5, 0.6) is 0 Å². The van der Waals surface area contributed by atoms with Gasteiger partial charge in [0.25, 0.3) is 0 Å². The summed E-state index contributed by atoms with van der Waals surface area (Å²) in [6.45, 7) is 22.7. The molecule has 1 aromatic rings.